The average Bonchev–Trinajstić information content (AvgIpc) is 2.53. The zero-order valence-corrected chi connectivity index (χ0v) is 12.0. The molecule has 4 heteroatoms. The maximum absolute atomic E-state index is 11.7. The van der Waals surface area contributed by atoms with Crippen LogP contribution in [0.25, 0.3) is 6.08 Å². The molecule has 4 nitrogen and oxygen atoms in total. The fourth-order valence-electron chi connectivity index (χ4n) is 2.49. The highest BCUT2D eigenvalue weighted by Crippen LogP contribution is 2.23. The lowest BCUT2D eigenvalue weighted by atomic mass is 9.87. The quantitative estimate of drug-likeness (QED) is 0.833. The minimum atomic E-state index is -0.159. The first-order valence-electron chi connectivity index (χ1n) is 7.31. The van der Waals surface area contributed by atoms with E-state index in [1.807, 2.05) is 12.1 Å². The van der Waals surface area contributed by atoms with Gasteiger partial charge in [0.15, 0.2) is 0 Å². The molecular formula is C17H20N2O2. The van der Waals surface area contributed by atoms with Gasteiger partial charge >= 0.3 is 0 Å². The summed E-state index contributed by atoms with van der Waals surface area (Å²) in [5.41, 5.74) is 1.50. The van der Waals surface area contributed by atoms with E-state index < -0.39 is 0 Å². The SMILES string of the molecule is N#Cc1ccc(/C=C/C(=O)NCC2CCC(O)CC2)cc1. The molecular weight excluding hydrogens is 264 g/mol. The van der Waals surface area contributed by atoms with Crippen molar-refractivity contribution in [3.05, 3.63) is 41.5 Å². The number of hydrogen-bond donors (Lipinski definition) is 2. The van der Waals surface area contributed by atoms with Crippen LogP contribution in [0.4, 0.5) is 0 Å². The molecule has 1 amide bonds. The summed E-state index contributed by atoms with van der Waals surface area (Å²) in [6, 6.07) is 9.13. The molecule has 2 N–H and O–H groups in total. The number of carbonyl (C=O) groups excluding carboxylic acids is 1. The van der Waals surface area contributed by atoms with Gasteiger partial charge in [-0.05, 0) is 55.4 Å². The number of nitrogens with zero attached hydrogens (tertiary/aromatic N) is 1. The molecule has 21 heavy (non-hydrogen) atoms. The third-order valence-electron chi connectivity index (χ3n) is 3.85. The van der Waals surface area contributed by atoms with Crippen molar-refractivity contribution in [3.8, 4) is 6.07 Å². The smallest absolute Gasteiger partial charge is 0.244 e. The van der Waals surface area contributed by atoms with Crippen molar-refractivity contribution in [2.24, 2.45) is 5.92 Å². The van der Waals surface area contributed by atoms with E-state index in [9.17, 15) is 9.90 Å². The van der Waals surface area contributed by atoms with Gasteiger partial charge < -0.3 is 10.4 Å². The van der Waals surface area contributed by atoms with E-state index in [0.717, 1.165) is 31.2 Å². The van der Waals surface area contributed by atoms with Crippen LogP contribution in [0.2, 0.25) is 0 Å². The van der Waals surface area contributed by atoms with Gasteiger partial charge in [0.25, 0.3) is 0 Å². The number of aliphatic hydroxyl groups is 1. The van der Waals surface area contributed by atoms with Crippen LogP contribution in [0.3, 0.4) is 0 Å². The van der Waals surface area contributed by atoms with Crippen molar-refractivity contribution in [2.75, 3.05) is 6.54 Å². The molecule has 2 rings (SSSR count). The average molecular weight is 284 g/mol. The summed E-state index contributed by atoms with van der Waals surface area (Å²) < 4.78 is 0. The standard InChI is InChI=1S/C17H20N2O2/c18-11-14-3-1-13(2-4-14)7-10-17(21)19-12-15-5-8-16(20)9-6-15/h1-4,7,10,15-16,20H,5-6,8-9,12H2,(H,19,21)/b10-7+. The van der Waals surface area contributed by atoms with Gasteiger partial charge in [-0.1, -0.05) is 12.1 Å². The Hall–Kier alpha value is -2.12. The normalized spacial score (nSPS) is 21.9. The van der Waals surface area contributed by atoms with Crippen LogP contribution in [0.1, 0.15) is 36.8 Å². The lowest BCUT2D eigenvalue weighted by molar-refractivity contribution is -0.116. The lowest BCUT2D eigenvalue weighted by Gasteiger charge is -2.25. The van der Waals surface area contributed by atoms with Crippen molar-refractivity contribution in [3.63, 3.8) is 0 Å². The summed E-state index contributed by atoms with van der Waals surface area (Å²) in [4.78, 5) is 11.7. The number of hydrogen-bond acceptors (Lipinski definition) is 3. The van der Waals surface area contributed by atoms with E-state index >= 15 is 0 Å². The Bertz CT molecular complexity index is 535. The Morgan fingerprint density at radius 3 is 2.57 bits per heavy atom. The van der Waals surface area contributed by atoms with Crippen molar-refractivity contribution in [1.29, 1.82) is 5.26 Å². The van der Waals surface area contributed by atoms with Crippen LogP contribution < -0.4 is 5.32 Å². The molecule has 0 radical (unpaired) electrons. The molecule has 0 aromatic heterocycles. The van der Waals surface area contributed by atoms with Crippen molar-refractivity contribution < 1.29 is 9.90 Å². The van der Waals surface area contributed by atoms with Gasteiger partial charge in [-0.25, -0.2) is 0 Å². The zero-order chi connectivity index (χ0) is 15.1. The summed E-state index contributed by atoms with van der Waals surface area (Å²) in [5.74, 6) is 0.367. The Balaban J connectivity index is 1.76. The lowest BCUT2D eigenvalue weighted by Crippen LogP contribution is -2.31. The van der Waals surface area contributed by atoms with Crippen LogP contribution in [0.15, 0.2) is 30.3 Å². The van der Waals surface area contributed by atoms with Crippen LogP contribution in [0, 0.1) is 17.2 Å². The summed E-state index contributed by atoms with van der Waals surface area (Å²) in [6.45, 7) is 0.670. The monoisotopic (exact) mass is 284 g/mol. The van der Waals surface area contributed by atoms with Crippen LogP contribution in [0.5, 0.6) is 0 Å². The summed E-state index contributed by atoms with van der Waals surface area (Å²) in [6.07, 6.45) is 6.71. The van der Waals surface area contributed by atoms with E-state index in [2.05, 4.69) is 11.4 Å². The van der Waals surface area contributed by atoms with Gasteiger partial charge in [-0.2, -0.15) is 5.26 Å². The Morgan fingerprint density at radius 2 is 1.95 bits per heavy atom. The third-order valence-corrected chi connectivity index (χ3v) is 3.85. The van der Waals surface area contributed by atoms with Crippen LogP contribution in [-0.2, 0) is 4.79 Å². The van der Waals surface area contributed by atoms with E-state index in [1.165, 1.54) is 6.08 Å². The number of amides is 1. The number of aliphatic hydroxyl groups excluding tert-OH is 1. The highest BCUT2D eigenvalue weighted by molar-refractivity contribution is 5.91. The second-order valence-corrected chi connectivity index (χ2v) is 5.49. The summed E-state index contributed by atoms with van der Waals surface area (Å²) in [5, 5.41) is 21.0. The van der Waals surface area contributed by atoms with E-state index in [-0.39, 0.29) is 12.0 Å². The van der Waals surface area contributed by atoms with E-state index in [1.54, 1.807) is 18.2 Å². The number of rotatable bonds is 4. The molecule has 1 fully saturated rings. The zero-order valence-electron chi connectivity index (χ0n) is 12.0. The molecule has 1 aliphatic carbocycles. The highest BCUT2D eigenvalue weighted by Gasteiger charge is 2.19. The number of nitrogens with one attached hydrogen (secondary N) is 1. The number of carbonyl (C=O) groups is 1. The summed E-state index contributed by atoms with van der Waals surface area (Å²) in [7, 11) is 0. The number of benzene rings is 1. The van der Waals surface area contributed by atoms with Crippen molar-refractivity contribution in [2.45, 2.75) is 31.8 Å². The fraction of sp³-hybridized carbons (Fsp3) is 0.412. The number of nitriles is 1. The van der Waals surface area contributed by atoms with Crippen LogP contribution in [-0.4, -0.2) is 23.7 Å². The second kappa shape index (κ2) is 7.61. The van der Waals surface area contributed by atoms with Gasteiger partial charge in [0.1, 0.15) is 0 Å². The molecule has 0 unspecified atom stereocenters. The van der Waals surface area contributed by atoms with Crippen molar-refractivity contribution in [1.82, 2.24) is 5.32 Å². The van der Waals surface area contributed by atoms with E-state index in [4.69, 9.17) is 5.26 Å². The van der Waals surface area contributed by atoms with Gasteiger partial charge in [-0.3, -0.25) is 4.79 Å². The molecule has 0 spiro atoms. The first-order chi connectivity index (χ1) is 10.2. The molecule has 0 atom stereocenters. The molecule has 0 bridgehead atoms. The van der Waals surface area contributed by atoms with Gasteiger partial charge in [0.05, 0.1) is 17.7 Å². The Kier molecular flexibility index (Phi) is 5.53. The summed E-state index contributed by atoms with van der Waals surface area (Å²) >= 11 is 0. The molecule has 0 heterocycles. The molecule has 110 valence electrons. The first kappa shape index (κ1) is 15.3. The molecule has 1 aromatic carbocycles. The molecule has 1 saturated carbocycles. The molecule has 0 aliphatic heterocycles. The molecule has 0 saturated heterocycles. The first-order valence-corrected chi connectivity index (χ1v) is 7.31. The Labute approximate surface area is 125 Å². The predicted molar refractivity (Wildman–Crippen MR) is 81.2 cm³/mol. The predicted octanol–water partition coefficient (Wildman–Crippen LogP) is 2.24. The minimum absolute atomic E-state index is 0.106. The largest absolute Gasteiger partial charge is 0.393 e. The molecule has 1 aliphatic rings. The van der Waals surface area contributed by atoms with Crippen LogP contribution >= 0.6 is 0 Å². The second-order valence-electron chi connectivity index (χ2n) is 5.49. The maximum Gasteiger partial charge on any atom is 0.244 e. The van der Waals surface area contributed by atoms with Gasteiger partial charge in [0.2, 0.25) is 5.91 Å². The van der Waals surface area contributed by atoms with Gasteiger partial charge in [0, 0.05) is 12.6 Å². The highest BCUT2D eigenvalue weighted by atomic mass is 16.3. The van der Waals surface area contributed by atoms with Crippen molar-refractivity contribution >= 4 is 12.0 Å². The topological polar surface area (TPSA) is 73.1 Å². The molecule has 1 aromatic rings. The Morgan fingerprint density at radius 1 is 1.29 bits per heavy atom. The minimum Gasteiger partial charge on any atom is -0.393 e. The fourth-order valence-corrected chi connectivity index (χ4v) is 2.49. The third kappa shape index (κ3) is 5.05. The van der Waals surface area contributed by atoms with Gasteiger partial charge in [-0.15, -0.1) is 0 Å². The van der Waals surface area contributed by atoms with E-state index in [0.29, 0.717) is 18.0 Å². The maximum atomic E-state index is 11.7.